The Bertz CT molecular complexity index is 323. The number of nitrogen functional groups attached to an aromatic ring is 1. The van der Waals surface area contributed by atoms with Crippen molar-refractivity contribution >= 4 is 11.8 Å². The molecule has 1 aromatic heterocycles. The Kier molecular flexibility index (Phi) is 2.84. The molecule has 2 rings (SSSR count). The zero-order chi connectivity index (χ0) is 10.8. The van der Waals surface area contributed by atoms with Gasteiger partial charge < -0.3 is 11.1 Å². The smallest absolute Gasteiger partial charge is 0.204 e. The van der Waals surface area contributed by atoms with Crippen molar-refractivity contribution in [2.24, 2.45) is 0 Å². The Morgan fingerprint density at radius 2 is 2.13 bits per heavy atom. The molecule has 1 fully saturated rings. The van der Waals surface area contributed by atoms with E-state index in [9.17, 15) is 0 Å². The van der Waals surface area contributed by atoms with E-state index in [2.05, 4.69) is 28.7 Å². The van der Waals surface area contributed by atoms with Crippen LogP contribution in [0.3, 0.4) is 0 Å². The molecule has 0 aromatic carbocycles. The Hall–Kier alpha value is -1.19. The molecule has 3 N–H and O–H groups in total. The van der Waals surface area contributed by atoms with E-state index in [1.807, 2.05) is 0 Å². The summed E-state index contributed by atoms with van der Waals surface area (Å²) < 4.78 is 2.05. The van der Waals surface area contributed by atoms with Gasteiger partial charge >= 0.3 is 0 Å². The molecule has 1 aliphatic carbocycles. The van der Waals surface area contributed by atoms with Crippen molar-refractivity contribution in [2.75, 3.05) is 11.1 Å². The molecule has 1 saturated carbocycles. The summed E-state index contributed by atoms with van der Waals surface area (Å²) in [5.41, 5.74) is 5.88. The van der Waals surface area contributed by atoms with Crippen LogP contribution in [-0.4, -0.2) is 15.6 Å². The zero-order valence-electron chi connectivity index (χ0n) is 9.53. The van der Waals surface area contributed by atoms with Gasteiger partial charge in [-0.1, -0.05) is 12.8 Å². The maximum Gasteiger partial charge on any atom is 0.204 e. The molecule has 4 heteroatoms. The van der Waals surface area contributed by atoms with Crippen LogP contribution in [0.5, 0.6) is 0 Å². The van der Waals surface area contributed by atoms with Crippen molar-refractivity contribution in [3.8, 4) is 0 Å². The number of rotatable bonds is 3. The van der Waals surface area contributed by atoms with E-state index >= 15 is 0 Å². The number of hydrogen-bond donors (Lipinski definition) is 2. The number of nitrogens with one attached hydrogen (secondary N) is 1. The van der Waals surface area contributed by atoms with E-state index < -0.39 is 0 Å². The van der Waals surface area contributed by atoms with E-state index in [4.69, 9.17) is 5.73 Å². The maximum absolute atomic E-state index is 5.88. The molecule has 0 radical (unpaired) electrons. The predicted octanol–water partition coefficient (Wildman–Crippen LogP) is 2.40. The van der Waals surface area contributed by atoms with Crippen LogP contribution < -0.4 is 11.1 Å². The standard InChI is InChI=1S/C11H20N4/c1-8(2)15-10(12)7-13-11(15)14-9-5-3-4-6-9/h7-9H,3-6,12H2,1-2H3,(H,13,14). The molecule has 1 aromatic rings. The van der Waals surface area contributed by atoms with Crippen LogP contribution in [0.4, 0.5) is 11.8 Å². The molecular formula is C11H20N4. The van der Waals surface area contributed by atoms with Gasteiger partial charge in [0.25, 0.3) is 0 Å². The molecule has 0 amide bonds. The predicted molar refractivity (Wildman–Crippen MR) is 62.9 cm³/mol. The van der Waals surface area contributed by atoms with Crippen LogP contribution in [0.15, 0.2) is 6.20 Å². The van der Waals surface area contributed by atoms with E-state index in [1.54, 1.807) is 6.20 Å². The lowest BCUT2D eigenvalue weighted by molar-refractivity contribution is 0.603. The second-order valence-corrected chi connectivity index (χ2v) is 4.60. The Morgan fingerprint density at radius 3 is 2.73 bits per heavy atom. The van der Waals surface area contributed by atoms with Crippen LogP contribution in [0, 0.1) is 0 Å². The van der Waals surface area contributed by atoms with E-state index in [0.717, 1.165) is 11.8 Å². The van der Waals surface area contributed by atoms with Crippen LogP contribution in [0.1, 0.15) is 45.6 Å². The average molecular weight is 208 g/mol. The van der Waals surface area contributed by atoms with Crippen molar-refractivity contribution in [1.29, 1.82) is 0 Å². The summed E-state index contributed by atoms with van der Waals surface area (Å²) in [6, 6.07) is 0.945. The lowest BCUT2D eigenvalue weighted by Crippen LogP contribution is -2.19. The van der Waals surface area contributed by atoms with E-state index in [1.165, 1.54) is 25.7 Å². The van der Waals surface area contributed by atoms with Gasteiger partial charge in [0.1, 0.15) is 5.82 Å². The molecular weight excluding hydrogens is 188 g/mol. The molecule has 0 atom stereocenters. The fourth-order valence-electron chi connectivity index (χ4n) is 2.28. The minimum absolute atomic E-state index is 0.358. The number of imidazole rings is 1. The molecule has 0 unspecified atom stereocenters. The normalized spacial score (nSPS) is 17.5. The fraction of sp³-hybridized carbons (Fsp3) is 0.727. The van der Waals surface area contributed by atoms with Gasteiger partial charge in [-0.3, -0.25) is 4.57 Å². The minimum atomic E-state index is 0.358. The zero-order valence-corrected chi connectivity index (χ0v) is 9.53. The molecule has 1 aliphatic rings. The number of nitrogens with zero attached hydrogens (tertiary/aromatic N) is 2. The van der Waals surface area contributed by atoms with Crippen molar-refractivity contribution in [3.05, 3.63) is 6.20 Å². The largest absolute Gasteiger partial charge is 0.384 e. The van der Waals surface area contributed by atoms with E-state index in [-0.39, 0.29) is 0 Å². The van der Waals surface area contributed by atoms with Crippen LogP contribution in [-0.2, 0) is 0 Å². The van der Waals surface area contributed by atoms with Crippen LogP contribution >= 0.6 is 0 Å². The Balaban J connectivity index is 2.13. The van der Waals surface area contributed by atoms with E-state index in [0.29, 0.717) is 12.1 Å². The Labute approximate surface area is 90.9 Å². The quantitative estimate of drug-likeness (QED) is 0.802. The first-order chi connectivity index (χ1) is 7.18. The van der Waals surface area contributed by atoms with Crippen LogP contribution in [0.25, 0.3) is 0 Å². The lowest BCUT2D eigenvalue weighted by Gasteiger charge is -2.17. The molecule has 0 bridgehead atoms. The van der Waals surface area contributed by atoms with Gasteiger partial charge in [-0.15, -0.1) is 0 Å². The van der Waals surface area contributed by atoms with Crippen LogP contribution in [0.2, 0.25) is 0 Å². The molecule has 0 saturated heterocycles. The number of aromatic nitrogens is 2. The first-order valence-corrected chi connectivity index (χ1v) is 5.77. The Morgan fingerprint density at radius 1 is 1.47 bits per heavy atom. The highest BCUT2D eigenvalue weighted by atomic mass is 15.3. The molecule has 0 spiro atoms. The number of nitrogens with two attached hydrogens (primary N) is 1. The van der Waals surface area contributed by atoms with Gasteiger partial charge in [0, 0.05) is 12.1 Å². The number of anilines is 2. The van der Waals surface area contributed by atoms with Gasteiger partial charge in [-0.2, -0.15) is 0 Å². The van der Waals surface area contributed by atoms with Crippen molar-refractivity contribution < 1.29 is 0 Å². The highest BCUT2D eigenvalue weighted by molar-refractivity contribution is 5.41. The summed E-state index contributed by atoms with van der Waals surface area (Å²) in [7, 11) is 0. The molecule has 1 heterocycles. The second-order valence-electron chi connectivity index (χ2n) is 4.60. The summed E-state index contributed by atoms with van der Waals surface area (Å²) in [6.45, 7) is 4.25. The van der Waals surface area contributed by atoms with Gasteiger partial charge in [0.15, 0.2) is 0 Å². The third-order valence-electron chi connectivity index (χ3n) is 3.03. The third kappa shape index (κ3) is 2.08. The number of hydrogen-bond acceptors (Lipinski definition) is 3. The highest BCUT2D eigenvalue weighted by Gasteiger charge is 2.18. The van der Waals surface area contributed by atoms with Gasteiger partial charge in [0.2, 0.25) is 5.95 Å². The van der Waals surface area contributed by atoms with Gasteiger partial charge in [-0.25, -0.2) is 4.98 Å². The summed E-state index contributed by atoms with van der Waals surface area (Å²) >= 11 is 0. The SMILES string of the molecule is CC(C)n1c(N)cnc1NC1CCCC1. The monoisotopic (exact) mass is 208 g/mol. The summed E-state index contributed by atoms with van der Waals surface area (Å²) in [5, 5.41) is 3.48. The molecule has 15 heavy (non-hydrogen) atoms. The molecule has 0 aliphatic heterocycles. The van der Waals surface area contributed by atoms with Crippen molar-refractivity contribution in [1.82, 2.24) is 9.55 Å². The first-order valence-electron chi connectivity index (χ1n) is 5.77. The maximum atomic E-state index is 5.88. The third-order valence-corrected chi connectivity index (χ3v) is 3.03. The minimum Gasteiger partial charge on any atom is -0.384 e. The van der Waals surface area contributed by atoms with Gasteiger partial charge in [0.05, 0.1) is 6.20 Å². The second kappa shape index (κ2) is 4.13. The van der Waals surface area contributed by atoms with Crippen molar-refractivity contribution in [3.63, 3.8) is 0 Å². The van der Waals surface area contributed by atoms with Gasteiger partial charge in [-0.05, 0) is 26.7 Å². The van der Waals surface area contributed by atoms with Crippen molar-refractivity contribution in [2.45, 2.75) is 51.6 Å². The average Bonchev–Trinajstić information content (AvgIpc) is 2.76. The summed E-state index contributed by atoms with van der Waals surface area (Å²) in [6.07, 6.45) is 6.90. The molecule has 84 valence electrons. The summed E-state index contributed by atoms with van der Waals surface area (Å²) in [4.78, 5) is 4.33. The topological polar surface area (TPSA) is 55.9 Å². The summed E-state index contributed by atoms with van der Waals surface area (Å²) in [5.74, 6) is 1.67. The highest BCUT2D eigenvalue weighted by Crippen LogP contribution is 2.25. The fourth-order valence-corrected chi connectivity index (χ4v) is 2.28. The molecule has 4 nitrogen and oxygen atoms in total. The lowest BCUT2D eigenvalue weighted by atomic mass is 10.2. The first kappa shape index (κ1) is 10.3.